The number of aryl methyl sites for hydroxylation is 1. The van der Waals surface area contributed by atoms with Gasteiger partial charge in [0.15, 0.2) is 5.82 Å². The summed E-state index contributed by atoms with van der Waals surface area (Å²) in [6.45, 7) is 1.90. The third-order valence-electron chi connectivity index (χ3n) is 2.02. The Hall–Kier alpha value is -0.640. The lowest BCUT2D eigenvalue weighted by Crippen LogP contribution is -1.93. The Kier molecular flexibility index (Phi) is 3.47. The first-order valence-electron chi connectivity index (χ1n) is 4.53. The van der Waals surface area contributed by atoms with Gasteiger partial charge in [0.05, 0.1) is 10.0 Å². The van der Waals surface area contributed by atoms with E-state index in [1.54, 1.807) is 6.07 Å². The fraction of sp³-hybridized carbons (Fsp3) is 0.0909. The van der Waals surface area contributed by atoms with Crippen LogP contribution in [0.15, 0.2) is 28.9 Å². The van der Waals surface area contributed by atoms with Gasteiger partial charge in [0, 0.05) is 11.3 Å². The van der Waals surface area contributed by atoms with Crippen LogP contribution in [0, 0.1) is 6.92 Å². The highest BCUT2D eigenvalue weighted by Gasteiger charge is 2.10. The summed E-state index contributed by atoms with van der Waals surface area (Å²) in [5.74, 6) is 0.569. The molecule has 1 aromatic carbocycles. The summed E-state index contributed by atoms with van der Waals surface area (Å²) in [6, 6.07) is 7.23. The molecule has 0 aliphatic carbocycles. The topological polar surface area (TPSA) is 25.8 Å². The fourth-order valence-corrected chi connectivity index (χ4v) is 2.21. The van der Waals surface area contributed by atoms with Crippen LogP contribution >= 0.6 is 39.1 Å². The SMILES string of the molecule is Cc1cc(Br)nc(-c2cccc(Cl)c2Cl)n1. The molecule has 0 amide bonds. The molecule has 1 aromatic heterocycles. The van der Waals surface area contributed by atoms with E-state index in [9.17, 15) is 0 Å². The highest BCUT2D eigenvalue weighted by Crippen LogP contribution is 2.32. The zero-order valence-electron chi connectivity index (χ0n) is 8.34. The molecule has 82 valence electrons. The molecular formula is C11H7BrCl2N2. The number of hydrogen-bond donors (Lipinski definition) is 0. The zero-order chi connectivity index (χ0) is 11.7. The molecule has 16 heavy (non-hydrogen) atoms. The predicted octanol–water partition coefficient (Wildman–Crippen LogP) is 4.52. The first-order valence-corrected chi connectivity index (χ1v) is 6.08. The van der Waals surface area contributed by atoms with Gasteiger partial charge in [0.2, 0.25) is 0 Å². The Labute approximate surface area is 112 Å². The molecule has 0 atom stereocenters. The number of rotatable bonds is 1. The number of aromatic nitrogens is 2. The summed E-state index contributed by atoms with van der Waals surface area (Å²) in [5.41, 5.74) is 1.60. The molecule has 0 aliphatic heterocycles. The number of benzene rings is 1. The number of halogens is 3. The molecule has 0 saturated carbocycles. The van der Waals surface area contributed by atoms with Crippen molar-refractivity contribution in [2.45, 2.75) is 6.92 Å². The van der Waals surface area contributed by atoms with Gasteiger partial charge in [0.25, 0.3) is 0 Å². The van der Waals surface area contributed by atoms with Crippen molar-refractivity contribution >= 4 is 39.1 Å². The molecule has 0 fully saturated rings. The van der Waals surface area contributed by atoms with Crippen LogP contribution in [0.25, 0.3) is 11.4 Å². The van der Waals surface area contributed by atoms with Crippen molar-refractivity contribution in [3.63, 3.8) is 0 Å². The van der Waals surface area contributed by atoms with Crippen molar-refractivity contribution in [1.29, 1.82) is 0 Å². The summed E-state index contributed by atoms with van der Waals surface area (Å²) < 4.78 is 0.728. The first-order chi connectivity index (χ1) is 7.58. The van der Waals surface area contributed by atoms with E-state index in [0.29, 0.717) is 15.9 Å². The Morgan fingerprint density at radius 3 is 2.62 bits per heavy atom. The second kappa shape index (κ2) is 4.70. The van der Waals surface area contributed by atoms with Gasteiger partial charge in [-0.1, -0.05) is 29.3 Å². The van der Waals surface area contributed by atoms with Crippen LogP contribution in [-0.4, -0.2) is 9.97 Å². The molecule has 5 heteroatoms. The minimum Gasteiger partial charge on any atom is -0.233 e. The molecule has 2 nitrogen and oxygen atoms in total. The highest BCUT2D eigenvalue weighted by atomic mass is 79.9. The normalized spacial score (nSPS) is 10.5. The molecule has 2 aromatic rings. The largest absolute Gasteiger partial charge is 0.233 e. The van der Waals surface area contributed by atoms with Gasteiger partial charge < -0.3 is 0 Å². The summed E-state index contributed by atoms with van der Waals surface area (Å²) in [7, 11) is 0. The molecular weight excluding hydrogens is 311 g/mol. The average molecular weight is 318 g/mol. The minimum atomic E-state index is 0.474. The standard InChI is InChI=1S/C11H7BrCl2N2/c1-6-5-9(12)16-11(15-6)7-3-2-4-8(13)10(7)14/h2-5H,1H3. The fourth-order valence-electron chi connectivity index (χ4n) is 1.33. The van der Waals surface area contributed by atoms with Gasteiger partial charge in [0.1, 0.15) is 4.60 Å². The lowest BCUT2D eigenvalue weighted by atomic mass is 10.2. The van der Waals surface area contributed by atoms with Crippen LogP contribution in [0.5, 0.6) is 0 Å². The predicted molar refractivity (Wildman–Crippen MR) is 69.9 cm³/mol. The molecule has 1 heterocycles. The van der Waals surface area contributed by atoms with Gasteiger partial charge >= 0.3 is 0 Å². The van der Waals surface area contributed by atoms with E-state index in [1.165, 1.54) is 0 Å². The number of hydrogen-bond acceptors (Lipinski definition) is 2. The molecule has 2 rings (SSSR count). The molecule has 0 saturated heterocycles. The maximum absolute atomic E-state index is 6.11. The van der Waals surface area contributed by atoms with Crippen LogP contribution in [-0.2, 0) is 0 Å². The smallest absolute Gasteiger partial charge is 0.162 e. The molecule has 0 unspecified atom stereocenters. The Morgan fingerprint density at radius 1 is 1.19 bits per heavy atom. The van der Waals surface area contributed by atoms with Crippen LogP contribution in [0.2, 0.25) is 10.0 Å². The second-order valence-corrected chi connectivity index (χ2v) is 4.85. The second-order valence-electron chi connectivity index (χ2n) is 3.26. The lowest BCUT2D eigenvalue weighted by Gasteiger charge is -2.05. The van der Waals surface area contributed by atoms with Gasteiger partial charge in [-0.2, -0.15) is 0 Å². The summed E-state index contributed by atoms with van der Waals surface area (Å²) in [6.07, 6.45) is 0. The van der Waals surface area contributed by atoms with Crippen LogP contribution < -0.4 is 0 Å². The Morgan fingerprint density at radius 2 is 1.94 bits per heavy atom. The van der Waals surface area contributed by atoms with E-state index in [4.69, 9.17) is 23.2 Å². The lowest BCUT2D eigenvalue weighted by molar-refractivity contribution is 1.09. The summed E-state index contributed by atoms with van der Waals surface area (Å²) in [4.78, 5) is 8.59. The van der Waals surface area contributed by atoms with Gasteiger partial charge in [-0.05, 0) is 41.1 Å². The van der Waals surface area contributed by atoms with E-state index >= 15 is 0 Å². The monoisotopic (exact) mass is 316 g/mol. The van der Waals surface area contributed by atoms with Crippen molar-refractivity contribution in [3.8, 4) is 11.4 Å². The molecule has 0 radical (unpaired) electrons. The minimum absolute atomic E-state index is 0.474. The van der Waals surface area contributed by atoms with Crippen molar-refractivity contribution < 1.29 is 0 Å². The maximum atomic E-state index is 6.11. The Bertz CT molecular complexity index is 523. The first kappa shape index (κ1) is 11.8. The number of nitrogens with zero attached hydrogens (tertiary/aromatic N) is 2. The maximum Gasteiger partial charge on any atom is 0.162 e. The van der Waals surface area contributed by atoms with E-state index < -0.39 is 0 Å². The van der Waals surface area contributed by atoms with E-state index in [0.717, 1.165) is 15.9 Å². The zero-order valence-corrected chi connectivity index (χ0v) is 11.4. The highest BCUT2D eigenvalue weighted by molar-refractivity contribution is 9.10. The third kappa shape index (κ3) is 2.37. The van der Waals surface area contributed by atoms with Crippen molar-refractivity contribution in [3.05, 3.63) is 44.6 Å². The average Bonchev–Trinajstić information content (AvgIpc) is 2.20. The summed E-state index contributed by atoms with van der Waals surface area (Å²) in [5, 5.41) is 0.974. The molecule has 0 bridgehead atoms. The van der Waals surface area contributed by atoms with Gasteiger partial charge in [-0.25, -0.2) is 9.97 Å². The van der Waals surface area contributed by atoms with Crippen molar-refractivity contribution in [2.24, 2.45) is 0 Å². The van der Waals surface area contributed by atoms with Gasteiger partial charge in [-0.15, -0.1) is 0 Å². The van der Waals surface area contributed by atoms with E-state index in [2.05, 4.69) is 25.9 Å². The third-order valence-corrected chi connectivity index (χ3v) is 3.24. The van der Waals surface area contributed by atoms with Crippen LogP contribution in [0.3, 0.4) is 0 Å². The van der Waals surface area contributed by atoms with Crippen molar-refractivity contribution in [1.82, 2.24) is 9.97 Å². The van der Waals surface area contributed by atoms with Crippen LogP contribution in [0.4, 0.5) is 0 Å². The Balaban J connectivity index is 2.63. The van der Waals surface area contributed by atoms with Crippen LogP contribution in [0.1, 0.15) is 5.69 Å². The molecule has 0 N–H and O–H groups in total. The molecule has 0 aliphatic rings. The van der Waals surface area contributed by atoms with Crippen molar-refractivity contribution in [2.75, 3.05) is 0 Å². The quantitative estimate of drug-likeness (QED) is 0.723. The molecule has 0 spiro atoms. The van der Waals surface area contributed by atoms with Gasteiger partial charge in [-0.3, -0.25) is 0 Å². The van der Waals surface area contributed by atoms with E-state index in [-0.39, 0.29) is 0 Å². The van der Waals surface area contributed by atoms with E-state index in [1.807, 2.05) is 25.1 Å². The summed E-state index contributed by atoms with van der Waals surface area (Å²) >= 11 is 15.4.